The molecule has 0 aliphatic carbocycles. The number of carboxylic acids is 1. The summed E-state index contributed by atoms with van der Waals surface area (Å²) in [6.07, 6.45) is 3.20. The van der Waals surface area contributed by atoms with Crippen molar-refractivity contribution in [2.75, 3.05) is 25.1 Å². The van der Waals surface area contributed by atoms with Crippen LogP contribution in [0.4, 0.5) is 15.9 Å². The van der Waals surface area contributed by atoms with Gasteiger partial charge in [-0.25, -0.2) is 19.2 Å². The van der Waals surface area contributed by atoms with Gasteiger partial charge in [0.1, 0.15) is 33.4 Å². The summed E-state index contributed by atoms with van der Waals surface area (Å²) >= 11 is 1.10. The van der Waals surface area contributed by atoms with Gasteiger partial charge in [0, 0.05) is 19.3 Å². The maximum Gasteiger partial charge on any atom is 0.346 e. The van der Waals surface area contributed by atoms with E-state index in [9.17, 15) is 14.3 Å². The minimum atomic E-state index is -1.00. The standard InChI is InChI=1S/C20H20FN3O4S/c1-11-16-18(22-10-23-19(16)29-17(11)20(25)26)24-14-3-2-13(21)8-15(14)28-9-12-4-6-27-7-5-12/h2-3,8,10,12H,4-7,9H2,1H3,(H,25,26)(H,22,23,24). The van der Waals surface area contributed by atoms with E-state index in [4.69, 9.17) is 9.47 Å². The number of halogens is 1. The number of nitrogens with one attached hydrogen (secondary N) is 1. The lowest BCUT2D eigenvalue weighted by molar-refractivity contribution is 0.0498. The van der Waals surface area contributed by atoms with Gasteiger partial charge >= 0.3 is 5.97 Å². The van der Waals surface area contributed by atoms with E-state index in [1.807, 2.05) is 0 Å². The zero-order valence-corrected chi connectivity index (χ0v) is 16.6. The lowest BCUT2D eigenvalue weighted by Gasteiger charge is -2.23. The van der Waals surface area contributed by atoms with Crippen molar-refractivity contribution >= 4 is 39.0 Å². The van der Waals surface area contributed by atoms with Gasteiger partial charge in [-0.15, -0.1) is 11.3 Å². The van der Waals surface area contributed by atoms with Crippen molar-refractivity contribution < 1.29 is 23.8 Å². The van der Waals surface area contributed by atoms with E-state index >= 15 is 0 Å². The predicted molar refractivity (Wildman–Crippen MR) is 108 cm³/mol. The van der Waals surface area contributed by atoms with Crippen LogP contribution < -0.4 is 10.1 Å². The maximum atomic E-state index is 13.8. The molecule has 0 radical (unpaired) electrons. The molecular formula is C20H20FN3O4S. The second kappa shape index (κ2) is 8.30. The van der Waals surface area contributed by atoms with Crippen molar-refractivity contribution in [3.8, 4) is 5.75 Å². The SMILES string of the molecule is Cc1c(C(=O)O)sc2ncnc(Nc3ccc(F)cc3OCC3CCOCC3)c12. The van der Waals surface area contributed by atoms with Crippen LogP contribution in [-0.4, -0.2) is 40.9 Å². The number of aryl methyl sites for hydroxylation is 1. The number of anilines is 2. The molecule has 3 heterocycles. The Bertz CT molecular complexity index is 1050. The number of hydrogen-bond acceptors (Lipinski definition) is 7. The van der Waals surface area contributed by atoms with Gasteiger partial charge < -0.3 is 19.9 Å². The molecule has 0 amide bonds. The Morgan fingerprint density at radius 2 is 2.17 bits per heavy atom. The second-order valence-electron chi connectivity index (χ2n) is 6.90. The molecule has 1 saturated heterocycles. The first-order chi connectivity index (χ1) is 14.0. The van der Waals surface area contributed by atoms with Gasteiger partial charge in [0.05, 0.1) is 17.7 Å². The molecule has 29 heavy (non-hydrogen) atoms. The van der Waals surface area contributed by atoms with E-state index in [1.54, 1.807) is 13.0 Å². The smallest absolute Gasteiger partial charge is 0.346 e. The van der Waals surface area contributed by atoms with Crippen molar-refractivity contribution in [1.29, 1.82) is 0 Å². The summed E-state index contributed by atoms with van der Waals surface area (Å²) in [4.78, 5) is 20.7. The van der Waals surface area contributed by atoms with E-state index in [0.29, 0.717) is 58.8 Å². The normalized spacial score (nSPS) is 14.8. The van der Waals surface area contributed by atoms with E-state index in [1.165, 1.54) is 18.5 Å². The molecule has 1 aromatic carbocycles. The number of benzene rings is 1. The molecule has 3 aromatic rings. The summed E-state index contributed by atoms with van der Waals surface area (Å²) in [5.41, 5.74) is 1.15. The Morgan fingerprint density at radius 3 is 2.93 bits per heavy atom. The van der Waals surface area contributed by atoms with Crippen LogP contribution in [0.3, 0.4) is 0 Å². The molecule has 0 spiro atoms. The van der Waals surface area contributed by atoms with Crippen LogP contribution in [0.5, 0.6) is 5.75 Å². The molecule has 1 aliphatic rings. The average molecular weight is 417 g/mol. The maximum absolute atomic E-state index is 13.8. The van der Waals surface area contributed by atoms with Crippen LogP contribution in [-0.2, 0) is 4.74 Å². The number of carbonyl (C=O) groups is 1. The zero-order valence-electron chi connectivity index (χ0n) is 15.8. The number of hydrogen-bond donors (Lipinski definition) is 2. The van der Waals surface area contributed by atoms with Crippen LogP contribution in [0.1, 0.15) is 28.1 Å². The molecule has 2 aromatic heterocycles. The number of aromatic carboxylic acids is 1. The highest BCUT2D eigenvalue weighted by Crippen LogP contribution is 2.36. The average Bonchev–Trinajstić information content (AvgIpc) is 3.07. The summed E-state index contributed by atoms with van der Waals surface area (Å²) in [5, 5.41) is 13.2. The van der Waals surface area contributed by atoms with Crippen LogP contribution >= 0.6 is 11.3 Å². The number of fused-ring (bicyclic) bond motifs is 1. The molecule has 1 aliphatic heterocycles. The molecule has 9 heteroatoms. The van der Waals surface area contributed by atoms with Gasteiger partial charge in [-0.3, -0.25) is 0 Å². The van der Waals surface area contributed by atoms with Crippen molar-refractivity contribution in [1.82, 2.24) is 9.97 Å². The van der Waals surface area contributed by atoms with Gasteiger partial charge in [0.2, 0.25) is 0 Å². The number of carboxylic acid groups (broad SMARTS) is 1. The highest BCUT2D eigenvalue weighted by molar-refractivity contribution is 7.20. The zero-order chi connectivity index (χ0) is 20.4. The number of nitrogens with zero attached hydrogens (tertiary/aromatic N) is 2. The molecule has 0 saturated carbocycles. The molecule has 7 nitrogen and oxygen atoms in total. The summed E-state index contributed by atoms with van der Waals surface area (Å²) in [7, 11) is 0. The molecule has 4 rings (SSSR count). The summed E-state index contributed by atoms with van der Waals surface area (Å²) in [6, 6.07) is 4.26. The largest absolute Gasteiger partial charge is 0.491 e. The number of rotatable bonds is 6. The fourth-order valence-corrected chi connectivity index (χ4v) is 4.33. The van der Waals surface area contributed by atoms with Crippen LogP contribution in [0.15, 0.2) is 24.5 Å². The van der Waals surface area contributed by atoms with Gasteiger partial charge in [-0.2, -0.15) is 0 Å². The second-order valence-corrected chi connectivity index (χ2v) is 7.90. The summed E-state index contributed by atoms with van der Waals surface area (Å²) < 4.78 is 25.1. The van der Waals surface area contributed by atoms with E-state index in [0.717, 1.165) is 24.2 Å². The fraction of sp³-hybridized carbons (Fsp3) is 0.350. The predicted octanol–water partition coefficient (Wildman–Crippen LogP) is 4.39. The Hall–Kier alpha value is -2.78. The summed E-state index contributed by atoms with van der Waals surface area (Å²) in [5.74, 6) is -0.194. The quantitative estimate of drug-likeness (QED) is 0.614. The first-order valence-corrected chi connectivity index (χ1v) is 10.1. The molecule has 152 valence electrons. The van der Waals surface area contributed by atoms with Crippen molar-refractivity contribution in [3.05, 3.63) is 40.8 Å². The molecular weight excluding hydrogens is 397 g/mol. The fourth-order valence-electron chi connectivity index (χ4n) is 3.34. The molecule has 0 atom stereocenters. The summed E-state index contributed by atoms with van der Waals surface area (Å²) in [6.45, 7) is 3.63. The van der Waals surface area contributed by atoms with Crippen LogP contribution in [0, 0.1) is 18.7 Å². The first kappa shape index (κ1) is 19.5. The monoisotopic (exact) mass is 417 g/mol. The Morgan fingerprint density at radius 1 is 1.38 bits per heavy atom. The lowest BCUT2D eigenvalue weighted by atomic mass is 10.0. The molecule has 1 fully saturated rings. The topological polar surface area (TPSA) is 93.6 Å². The minimum Gasteiger partial charge on any atom is -0.491 e. The Balaban J connectivity index is 1.63. The van der Waals surface area contributed by atoms with Crippen LogP contribution in [0.25, 0.3) is 10.2 Å². The van der Waals surface area contributed by atoms with Gasteiger partial charge in [0.25, 0.3) is 0 Å². The molecule has 0 unspecified atom stereocenters. The third-order valence-electron chi connectivity index (χ3n) is 4.93. The number of aromatic nitrogens is 2. The Labute approximate surface area is 170 Å². The minimum absolute atomic E-state index is 0.221. The number of thiophene rings is 1. The van der Waals surface area contributed by atoms with E-state index < -0.39 is 11.8 Å². The molecule has 0 bridgehead atoms. The molecule has 2 N–H and O–H groups in total. The number of ether oxygens (including phenoxy) is 2. The van der Waals surface area contributed by atoms with Crippen molar-refractivity contribution in [3.63, 3.8) is 0 Å². The lowest BCUT2D eigenvalue weighted by Crippen LogP contribution is -2.21. The third-order valence-corrected chi connectivity index (χ3v) is 6.12. The van der Waals surface area contributed by atoms with Gasteiger partial charge in [-0.1, -0.05) is 0 Å². The van der Waals surface area contributed by atoms with Crippen molar-refractivity contribution in [2.45, 2.75) is 19.8 Å². The van der Waals surface area contributed by atoms with Gasteiger partial charge in [0.15, 0.2) is 0 Å². The highest BCUT2D eigenvalue weighted by Gasteiger charge is 2.20. The van der Waals surface area contributed by atoms with Gasteiger partial charge in [-0.05, 0) is 43.4 Å². The third kappa shape index (κ3) is 4.15. The van der Waals surface area contributed by atoms with Crippen LogP contribution in [0.2, 0.25) is 0 Å². The van der Waals surface area contributed by atoms with E-state index in [-0.39, 0.29) is 4.88 Å². The Kier molecular flexibility index (Phi) is 5.59. The first-order valence-electron chi connectivity index (χ1n) is 9.27. The highest BCUT2D eigenvalue weighted by atomic mass is 32.1. The van der Waals surface area contributed by atoms with Crippen molar-refractivity contribution in [2.24, 2.45) is 5.92 Å². The van der Waals surface area contributed by atoms with E-state index in [2.05, 4.69) is 15.3 Å².